The summed E-state index contributed by atoms with van der Waals surface area (Å²) in [6, 6.07) is 11.1. The van der Waals surface area contributed by atoms with E-state index in [4.69, 9.17) is 4.74 Å². The molecule has 0 unspecified atom stereocenters. The zero-order chi connectivity index (χ0) is 20.8. The summed E-state index contributed by atoms with van der Waals surface area (Å²) in [6.07, 6.45) is 0.808. The predicted octanol–water partition coefficient (Wildman–Crippen LogP) is 3.92. The molecule has 0 saturated carbocycles. The summed E-state index contributed by atoms with van der Waals surface area (Å²) in [6.45, 7) is 6.92. The Bertz CT molecular complexity index is 1060. The minimum Gasteiger partial charge on any atom is -0.444 e. The first-order valence-corrected chi connectivity index (χ1v) is 11.3. The molecule has 2 aromatic rings. The van der Waals surface area contributed by atoms with Gasteiger partial charge in [-0.1, -0.05) is 24.3 Å². The second kappa shape index (κ2) is 7.46. The molecule has 0 radical (unpaired) electrons. The summed E-state index contributed by atoms with van der Waals surface area (Å²) in [5.74, 6) is 0. The van der Waals surface area contributed by atoms with Gasteiger partial charge in [-0.15, -0.1) is 0 Å². The smallest absolute Gasteiger partial charge is 0.414 e. The molecule has 29 heavy (non-hydrogen) atoms. The topological polar surface area (TPSA) is 66.9 Å². The maximum absolute atomic E-state index is 13.1. The van der Waals surface area contributed by atoms with Crippen LogP contribution in [0.2, 0.25) is 0 Å². The third kappa shape index (κ3) is 3.53. The van der Waals surface area contributed by atoms with Crippen molar-refractivity contribution in [2.75, 3.05) is 18.0 Å². The van der Waals surface area contributed by atoms with Gasteiger partial charge in [0.25, 0.3) is 0 Å². The maximum Gasteiger partial charge on any atom is 0.414 e. The van der Waals surface area contributed by atoms with Crippen LogP contribution in [0.4, 0.5) is 10.5 Å². The molecule has 2 aliphatic heterocycles. The lowest BCUT2D eigenvalue weighted by atomic mass is 10.00. The monoisotopic (exact) mass is 414 g/mol. The standard InChI is InChI=1S/C22H26N2O4S/c1-15-7-8-20(13-17(15)3)29(26,27)23-11-9-19(10-12-23)24-21-16(2)5-4-6-18(21)14-28-22(24)25/h4-8,13,19H,9-12,14H2,1-3H3. The number of hydrogen-bond donors (Lipinski definition) is 0. The van der Waals surface area contributed by atoms with Crippen molar-refractivity contribution in [2.45, 2.75) is 51.2 Å². The highest BCUT2D eigenvalue weighted by atomic mass is 32.2. The van der Waals surface area contributed by atoms with Crippen LogP contribution in [-0.2, 0) is 21.4 Å². The van der Waals surface area contributed by atoms with Crippen LogP contribution in [0.1, 0.15) is 35.1 Å². The number of anilines is 1. The number of piperidine rings is 1. The molecule has 7 heteroatoms. The average molecular weight is 415 g/mol. The van der Waals surface area contributed by atoms with Gasteiger partial charge in [0.15, 0.2) is 0 Å². The third-order valence-electron chi connectivity index (χ3n) is 6.01. The summed E-state index contributed by atoms with van der Waals surface area (Å²) in [7, 11) is -3.54. The van der Waals surface area contributed by atoms with Crippen LogP contribution in [0.5, 0.6) is 0 Å². The van der Waals surface area contributed by atoms with Gasteiger partial charge in [-0.2, -0.15) is 4.31 Å². The van der Waals surface area contributed by atoms with E-state index in [9.17, 15) is 13.2 Å². The van der Waals surface area contributed by atoms with Crippen LogP contribution < -0.4 is 4.90 Å². The fourth-order valence-electron chi connectivity index (χ4n) is 4.18. The van der Waals surface area contributed by atoms with Crippen LogP contribution in [0, 0.1) is 20.8 Å². The molecular formula is C22H26N2O4S. The summed E-state index contributed by atoms with van der Waals surface area (Å²) >= 11 is 0. The summed E-state index contributed by atoms with van der Waals surface area (Å²) in [5, 5.41) is 0. The number of para-hydroxylation sites is 1. The van der Waals surface area contributed by atoms with Crippen molar-refractivity contribution in [1.82, 2.24) is 4.31 Å². The Kier molecular flexibility index (Phi) is 5.12. The number of benzene rings is 2. The second-order valence-electron chi connectivity index (χ2n) is 7.89. The number of rotatable bonds is 3. The summed E-state index contributed by atoms with van der Waals surface area (Å²) < 4.78 is 33.0. The van der Waals surface area contributed by atoms with E-state index in [1.807, 2.05) is 45.0 Å². The fourth-order valence-corrected chi connectivity index (χ4v) is 5.73. The number of cyclic esters (lactones) is 1. The first-order valence-electron chi connectivity index (χ1n) is 9.91. The second-order valence-corrected chi connectivity index (χ2v) is 9.83. The number of hydrogen-bond acceptors (Lipinski definition) is 4. The molecule has 0 spiro atoms. The molecule has 2 heterocycles. The Morgan fingerprint density at radius 3 is 2.38 bits per heavy atom. The van der Waals surface area contributed by atoms with Crippen molar-refractivity contribution < 1.29 is 17.9 Å². The van der Waals surface area contributed by atoms with Crippen LogP contribution >= 0.6 is 0 Å². The highest BCUT2D eigenvalue weighted by Crippen LogP contribution is 2.35. The third-order valence-corrected chi connectivity index (χ3v) is 7.91. The average Bonchev–Trinajstić information content (AvgIpc) is 2.70. The van der Waals surface area contributed by atoms with Crippen molar-refractivity contribution in [3.63, 3.8) is 0 Å². The minimum atomic E-state index is -3.54. The zero-order valence-electron chi connectivity index (χ0n) is 17.0. The Morgan fingerprint density at radius 2 is 1.69 bits per heavy atom. The number of ether oxygens (including phenoxy) is 1. The van der Waals surface area contributed by atoms with E-state index in [-0.39, 0.29) is 18.7 Å². The highest BCUT2D eigenvalue weighted by Gasteiger charge is 2.37. The van der Waals surface area contributed by atoms with E-state index in [1.54, 1.807) is 17.0 Å². The van der Waals surface area contributed by atoms with Gasteiger partial charge in [-0.3, -0.25) is 4.90 Å². The molecule has 1 amide bonds. The Balaban J connectivity index is 1.54. The van der Waals surface area contributed by atoms with Gasteiger partial charge in [-0.25, -0.2) is 13.2 Å². The van der Waals surface area contributed by atoms with Gasteiger partial charge in [0.1, 0.15) is 6.61 Å². The molecule has 0 bridgehead atoms. The van der Waals surface area contributed by atoms with E-state index in [0.717, 1.165) is 27.9 Å². The maximum atomic E-state index is 13.1. The predicted molar refractivity (Wildman–Crippen MR) is 112 cm³/mol. The van der Waals surface area contributed by atoms with Gasteiger partial charge >= 0.3 is 6.09 Å². The first kappa shape index (κ1) is 19.9. The SMILES string of the molecule is Cc1ccc(S(=O)(=O)N2CCC(N3C(=O)OCc4cccc(C)c43)CC2)cc1C. The molecule has 6 nitrogen and oxygen atoms in total. The quantitative estimate of drug-likeness (QED) is 0.763. The molecular weight excluding hydrogens is 388 g/mol. The summed E-state index contributed by atoms with van der Waals surface area (Å²) in [5.41, 5.74) is 4.97. The molecule has 1 saturated heterocycles. The van der Waals surface area contributed by atoms with E-state index in [2.05, 4.69) is 0 Å². The molecule has 0 aliphatic carbocycles. The van der Waals surface area contributed by atoms with Gasteiger partial charge in [-0.05, 0) is 62.4 Å². The lowest BCUT2D eigenvalue weighted by Gasteiger charge is -2.40. The Hall–Kier alpha value is -2.38. The Labute approximate surface area is 172 Å². The molecule has 1 fully saturated rings. The normalized spacial score (nSPS) is 18.4. The number of fused-ring (bicyclic) bond motifs is 1. The van der Waals surface area contributed by atoms with Gasteiger partial charge in [0.2, 0.25) is 10.0 Å². The molecule has 0 atom stereocenters. The number of carbonyl (C=O) groups excluding carboxylic acids is 1. The molecule has 2 aliphatic rings. The van der Waals surface area contributed by atoms with E-state index >= 15 is 0 Å². The summed E-state index contributed by atoms with van der Waals surface area (Å²) in [4.78, 5) is 14.6. The largest absolute Gasteiger partial charge is 0.444 e. The molecule has 2 aromatic carbocycles. The number of nitrogens with zero attached hydrogens (tertiary/aromatic N) is 2. The lowest BCUT2D eigenvalue weighted by molar-refractivity contribution is 0.135. The van der Waals surface area contributed by atoms with Crippen LogP contribution in [0.3, 0.4) is 0 Å². The number of sulfonamides is 1. The van der Waals surface area contributed by atoms with E-state index < -0.39 is 10.0 Å². The Morgan fingerprint density at radius 1 is 0.966 bits per heavy atom. The molecule has 4 rings (SSSR count). The van der Waals surface area contributed by atoms with E-state index in [1.165, 1.54) is 4.31 Å². The van der Waals surface area contributed by atoms with Gasteiger partial charge in [0.05, 0.1) is 10.6 Å². The molecule has 154 valence electrons. The zero-order valence-corrected chi connectivity index (χ0v) is 17.8. The minimum absolute atomic E-state index is 0.0751. The van der Waals surface area contributed by atoms with Crippen molar-refractivity contribution >= 4 is 21.8 Å². The number of aryl methyl sites for hydroxylation is 3. The van der Waals surface area contributed by atoms with Gasteiger partial charge in [0, 0.05) is 24.7 Å². The van der Waals surface area contributed by atoms with Gasteiger partial charge < -0.3 is 4.74 Å². The fraction of sp³-hybridized carbons (Fsp3) is 0.409. The highest BCUT2D eigenvalue weighted by molar-refractivity contribution is 7.89. The molecule has 0 N–H and O–H groups in total. The van der Waals surface area contributed by atoms with Crippen LogP contribution in [0.15, 0.2) is 41.3 Å². The molecule has 0 aromatic heterocycles. The lowest BCUT2D eigenvalue weighted by Crippen LogP contribution is -2.50. The van der Waals surface area contributed by atoms with Crippen molar-refractivity contribution in [3.05, 3.63) is 58.7 Å². The van der Waals surface area contributed by atoms with Crippen LogP contribution in [-0.4, -0.2) is 37.9 Å². The van der Waals surface area contributed by atoms with Crippen molar-refractivity contribution in [1.29, 1.82) is 0 Å². The first-order chi connectivity index (χ1) is 13.8. The number of carbonyl (C=O) groups is 1. The van der Waals surface area contributed by atoms with Crippen molar-refractivity contribution in [2.24, 2.45) is 0 Å². The van der Waals surface area contributed by atoms with Crippen molar-refractivity contribution in [3.8, 4) is 0 Å². The van der Waals surface area contributed by atoms with E-state index in [0.29, 0.717) is 30.8 Å². The number of amides is 1. The van der Waals surface area contributed by atoms with Crippen LogP contribution in [0.25, 0.3) is 0 Å².